The average Bonchev–Trinajstić information content (AvgIpc) is 2.37. The summed E-state index contributed by atoms with van der Waals surface area (Å²) in [5.41, 5.74) is 0.523. The van der Waals surface area contributed by atoms with Gasteiger partial charge in [-0.25, -0.2) is 0 Å². The Morgan fingerprint density at radius 2 is 1.95 bits per heavy atom. The number of aliphatic carboxylic acids is 1. The largest absolute Gasteiger partial charge is 0.480 e. The lowest BCUT2D eigenvalue weighted by Crippen LogP contribution is -2.41. The van der Waals surface area contributed by atoms with Crippen LogP contribution in [-0.4, -0.2) is 36.6 Å². The maximum absolute atomic E-state index is 12.0. The number of carboxylic acids is 1. The number of carbonyl (C=O) groups excluding carboxylic acids is 1. The zero-order valence-electron chi connectivity index (χ0n) is 10.7. The highest BCUT2D eigenvalue weighted by molar-refractivity contribution is 6.30. The van der Waals surface area contributed by atoms with Gasteiger partial charge in [0.15, 0.2) is 0 Å². The number of rotatable bonds is 7. The van der Waals surface area contributed by atoms with Crippen molar-refractivity contribution in [2.45, 2.75) is 13.3 Å². The van der Waals surface area contributed by atoms with E-state index in [9.17, 15) is 9.59 Å². The molecule has 1 aromatic rings. The number of hydrogen-bond acceptors (Lipinski definition) is 3. The summed E-state index contributed by atoms with van der Waals surface area (Å²) in [5.74, 6) is -1.34. The van der Waals surface area contributed by atoms with E-state index in [0.29, 0.717) is 17.3 Å². The maximum atomic E-state index is 12.0. The molecule has 0 atom stereocenters. The van der Waals surface area contributed by atoms with E-state index in [-0.39, 0.29) is 19.0 Å². The molecule has 0 bridgehead atoms. The Balaban J connectivity index is 2.79. The van der Waals surface area contributed by atoms with E-state index < -0.39 is 5.97 Å². The van der Waals surface area contributed by atoms with Crippen molar-refractivity contribution in [3.8, 4) is 0 Å². The second-order valence-electron chi connectivity index (χ2n) is 4.03. The third-order valence-electron chi connectivity index (χ3n) is 2.44. The number of carboxylic acid groups (broad SMARTS) is 1. The summed E-state index contributed by atoms with van der Waals surface area (Å²) in [6.45, 7) is 2.46. The van der Waals surface area contributed by atoms with Gasteiger partial charge in [0, 0.05) is 10.7 Å². The summed E-state index contributed by atoms with van der Waals surface area (Å²) in [6.07, 6.45) is 0.910. The van der Waals surface area contributed by atoms with Gasteiger partial charge in [-0.05, 0) is 37.2 Å². The van der Waals surface area contributed by atoms with Gasteiger partial charge >= 0.3 is 5.97 Å². The SMILES string of the molecule is CCCNCC(=O)N(CC(=O)O)c1ccc(Cl)cc1. The molecule has 1 amide bonds. The molecule has 0 aliphatic rings. The van der Waals surface area contributed by atoms with Gasteiger partial charge in [0.2, 0.25) is 5.91 Å². The van der Waals surface area contributed by atoms with Crippen LogP contribution in [0.25, 0.3) is 0 Å². The molecule has 0 aliphatic heterocycles. The predicted molar refractivity (Wildman–Crippen MR) is 74.6 cm³/mol. The van der Waals surface area contributed by atoms with Gasteiger partial charge in [0.05, 0.1) is 6.54 Å². The second kappa shape index (κ2) is 7.76. The highest BCUT2D eigenvalue weighted by Crippen LogP contribution is 2.18. The van der Waals surface area contributed by atoms with Crippen LogP contribution in [-0.2, 0) is 9.59 Å². The van der Waals surface area contributed by atoms with Crippen LogP contribution in [0, 0.1) is 0 Å². The van der Waals surface area contributed by atoms with E-state index in [1.165, 1.54) is 4.90 Å². The van der Waals surface area contributed by atoms with Crippen LogP contribution in [0.3, 0.4) is 0 Å². The molecule has 6 heteroatoms. The number of hydrogen-bond donors (Lipinski definition) is 2. The molecule has 1 rings (SSSR count). The number of halogens is 1. The van der Waals surface area contributed by atoms with Crippen LogP contribution >= 0.6 is 11.6 Å². The third kappa shape index (κ3) is 5.28. The molecule has 1 aromatic carbocycles. The molecule has 0 aliphatic carbocycles. The minimum atomic E-state index is -1.06. The number of nitrogens with zero attached hydrogens (tertiary/aromatic N) is 1. The van der Waals surface area contributed by atoms with Gasteiger partial charge in [-0.2, -0.15) is 0 Å². The molecule has 0 unspecified atom stereocenters. The Morgan fingerprint density at radius 3 is 2.47 bits per heavy atom. The van der Waals surface area contributed by atoms with Crippen molar-refractivity contribution in [2.24, 2.45) is 0 Å². The Morgan fingerprint density at radius 1 is 1.32 bits per heavy atom. The lowest BCUT2D eigenvalue weighted by atomic mass is 10.2. The molecule has 0 aromatic heterocycles. The number of benzene rings is 1. The van der Waals surface area contributed by atoms with Crippen molar-refractivity contribution in [2.75, 3.05) is 24.5 Å². The Hall–Kier alpha value is -1.59. The quantitative estimate of drug-likeness (QED) is 0.749. The summed E-state index contributed by atoms with van der Waals surface area (Å²) in [4.78, 5) is 24.1. The summed E-state index contributed by atoms with van der Waals surface area (Å²) < 4.78 is 0. The summed E-state index contributed by atoms with van der Waals surface area (Å²) in [7, 11) is 0. The minimum absolute atomic E-state index is 0.115. The molecule has 0 saturated heterocycles. The molecule has 5 nitrogen and oxygen atoms in total. The topological polar surface area (TPSA) is 69.6 Å². The molecular formula is C13H17ClN2O3. The minimum Gasteiger partial charge on any atom is -0.480 e. The first-order valence-corrected chi connectivity index (χ1v) is 6.40. The van der Waals surface area contributed by atoms with Gasteiger partial charge in [0.1, 0.15) is 6.54 Å². The van der Waals surface area contributed by atoms with E-state index in [0.717, 1.165) is 6.42 Å². The standard InChI is InChI=1S/C13H17ClN2O3/c1-2-7-15-8-12(17)16(9-13(18)19)11-5-3-10(14)4-6-11/h3-6,15H,2,7-9H2,1H3,(H,18,19). The van der Waals surface area contributed by atoms with E-state index in [2.05, 4.69) is 5.32 Å². The second-order valence-corrected chi connectivity index (χ2v) is 4.46. The van der Waals surface area contributed by atoms with E-state index >= 15 is 0 Å². The lowest BCUT2D eigenvalue weighted by molar-refractivity contribution is -0.136. The van der Waals surface area contributed by atoms with Crippen molar-refractivity contribution < 1.29 is 14.7 Å². The highest BCUT2D eigenvalue weighted by atomic mass is 35.5. The van der Waals surface area contributed by atoms with Crippen molar-refractivity contribution in [3.05, 3.63) is 29.3 Å². The highest BCUT2D eigenvalue weighted by Gasteiger charge is 2.18. The molecule has 104 valence electrons. The van der Waals surface area contributed by atoms with Gasteiger partial charge in [-0.1, -0.05) is 18.5 Å². The Bertz CT molecular complexity index is 434. The fraction of sp³-hybridized carbons (Fsp3) is 0.385. The van der Waals surface area contributed by atoms with Crippen LogP contribution in [0.2, 0.25) is 5.02 Å². The Labute approximate surface area is 117 Å². The first-order chi connectivity index (χ1) is 9.04. The van der Waals surface area contributed by atoms with Crippen molar-refractivity contribution in [3.63, 3.8) is 0 Å². The summed E-state index contributed by atoms with van der Waals surface area (Å²) in [5, 5.41) is 12.4. The average molecular weight is 285 g/mol. The Kier molecular flexibility index (Phi) is 6.32. The van der Waals surface area contributed by atoms with Crippen LogP contribution in [0.15, 0.2) is 24.3 Å². The fourth-order valence-electron chi connectivity index (χ4n) is 1.55. The molecule has 2 N–H and O–H groups in total. The summed E-state index contributed by atoms with van der Waals surface area (Å²) in [6, 6.07) is 6.50. The van der Waals surface area contributed by atoms with Gasteiger partial charge in [0.25, 0.3) is 0 Å². The van der Waals surface area contributed by atoms with Crippen LogP contribution < -0.4 is 10.2 Å². The van der Waals surface area contributed by atoms with Crippen molar-refractivity contribution >= 4 is 29.2 Å². The van der Waals surface area contributed by atoms with Gasteiger partial charge in [-0.3, -0.25) is 9.59 Å². The van der Waals surface area contributed by atoms with Crippen LogP contribution in [0.1, 0.15) is 13.3 Å². The van der Waals surface area contributed by atoms with Gasteiger partial charge in [-0.15, -0.1) is 0 Å². The number of carbonyl (C=O) groups is 2. The lowest BCUT2D eigenvalue weighted by Gasteiger charge is -2.21. The molecule has 0 fully saturated rings. The maximum Gasteiger partial charge on any atom is 0.323 e. The number of amides is 1. The predicted octanol–water partition coefficient (Wildman–Crippen LogP) is 1.76. The van der Waals surface area contributed by atoms with Crippen molar-refractivity contribution in [1.29, 1.82) is 0 Å². The first kappa shape index (κ1) is 15.5. The zero-order chi connectivity index (χ0) is 14.3. The first-order valence-electron chi connectivity index (χ1n) is 6.03. The number of nitrogens with one attached hydrogen (secondary N) is 1. The number of anilines is 1. The van der Waals surface area contributed by atoms with Gasteiger partial charge < -0.3 is 15.3 Å². The van der Waals surface area contributed by atoms with E-state index in [1.54, 1.807) is 24.3 Å². The van der Waals surface area contributed by atoms with E-state index in [1.807, 2.05) is 6.92 Å². The van der Waals surface area contributed by atoms with E-state index in [4.69, 9.17) is 16.7 Å². The molecule has 0 spiro atoms. The molecule has 19 heavy (non-hydrogen) atoms. The third-order valence-corrected chi connectivity index (χ3v) is 2.69. The van der Waals surface area contributed by atoms with Crippen molar-refractivity contribution in [1.82, 2.24) is 5.32 Å². The molecular weight excluding hydrogens is 268 g/mol. The normalized spacial score (nSPS) is 10.2. The van der Waals surface area contributed by atoms with Crippen LogP contribution in [0.5, 0.6) is 0 Å². The smallest absolute Gasteiger partial charge is 0.323 e. The molecule has 0 radical (unpaired) electrons. The van der Waals surface area contributed by atoms with Crippen LogP contribution in [0.4, 0.5) is 5.69 Å². The fourth-order valence-corrected chi connectivity index (χ4v) is 1.67. The summed E-state index contributed by atoms with van der Waals surface area (Å²) >= 11 is 5.77. The monoisotopic (exact) mass is 284 g/mol. The molecule has 0 saturated carbocycles. The molecule has 0 heterocycles. The zero-order valence-corrected chi connectivity index (χ0v) is 11.5.